The first kappa shape index (κ1) is 13.7. The summed E-state index contributed by atoms with van der Waals surface area (Å²) in [6, 6.07) is 8.57. The first-order chi connectivity index (χ1) is 9.08. The summed E-state index contributed by atoms with van der Waals surface area (Å²) < 4.78 is 15.0. The molecule has 1 aromatic heterocycles. The Morgan fingerprint density at radius 2 is 2.11 bits per heavy atom. The molecule has 0 aliphatic rings. The van der Waals surface area contributed by atoms with E-state index in [-0.39, 0.29) is 18.3 Å². The van der Waals surface area contributed by atoms with Gasteiger partial charge in [0.05, 0.1) is 5.69 Å². The standard InChI is InChI=1S/C15H19FN2O/c1-11-6-15(18(2)17-11)9-13(10-19)7-12-4-3-5-14(16)8-12/h3-6,8,13,19H,7,9-10H2,1-2H3. The van der Waals surface area contributed by atoms with E-state index < -0.39 is 0 Å². The topological polar surface area (TPSA) is 38.0 Å². The molecule has 0 spiro atoms. The van der Waals surface area contributed by atoms with Gasteiger partial charge >= 0.3 is 0 Å². The van der Waals surface area contributed by atoms with Crippen molar-refractivity contribution < 1.29 is 9.50 Å². The summed E-state index contributed by atoms with van der Waals surface area (Å²) in [4.78, 5) is 0. The first-order valence-electron chi connectivity index (χ1n) is 6.43. The second-order valence-electron chi connectivity index (χ2n) is 4.99. The highest BCUT2D eigenvalue weighted by atomic mass is 19.1. The third-order valence-corrected chi connectivity index (χ3v) is 3.27. The zero-order valence-corrected chi connectivity index (χ0v) is 11.3. The molecule has 1 N–H and O–H groups in total. The van der Waals surface area contributed by atoms with Gasteiger partial charge in [0.2, 0.25) is 0 Å². The van der Waals surface area contributed by atoms with E-state index in [2.05, 4.69) is 5.10 Å². The van der Waals surface area contributed by atoms with Crippen LogP contribution in [0.15, 0.2) is 30.3 Å². The molecule has 0 aliphatic heterocycles. The number of hydrogen-bond donors (Lipinski definition) is 1. The van der Waals surface area contributed by atoms with Gasteiger partial charge in [0, 0.05) is 19.3 Å². The van der Waals surface area contributed by atoms with Crippen molar-refractivity contribution in [2.24, 2.45) is 13.0 Å². The van der Waals surface area contributed by atoms with Crippen molar-refractivity contribution in [2.45, 2.75) is 19.8 Å². The molecule has 1 atom stereocenters. The molecule has 102 valence electrons. The predicted molar refractivity (Wildman–Crippen MR) is 72.3 cm³/mol. The molecule has 0 amide bonds. The predicted octanol–water partition coefficient (Wildman–Crippen LogP) is 2.26. The number of halogens is 1. The van der Waals surface area contributed by atoms with Crippen molar-refractivity contribution in [1.82, 2.24) is 9.78 Å². The molecule has 0 saturated heterocycles. The van der Waals surface area contributed by atoms with Crippen molar-refractivity contribution in [2.75, 3.05) is 6.61 Å². The molecule has 0 fully saturated rings. The highest BCUT2D eigenvalue weighted by molar-refractivity contribution is 5.18. The van der Waals surface area contributed by atoms with E-state index in [9.17, 15) is 9.50 Å². The maximum absolute atomic E-state index is 13.1. The lowest BCUT2D eigenvalue weighted by atomic mass is 9.95. The average Bonchev–Trinajstić information content (AvgIpc) is 2.67. The van der Waals surface area contributed by atoms with E-state index in [1.54, 1.807) is 6.07 Å². The van der Waals surface area contributed by atoms with Crippen LogP contribution < -0.4 is 0 Å². The maximum atomic E-state index is 13.1. The Balaban J connectivity index is 2.06. The van der Waals surface area contributed by atoms with Gasteiger partial charge in [-0.25, -0.2) is 4.39 Å². The van der Waals surface area contributed by atoms with E-state index in [1.165, 1.54) is 12.1 Å². The van der Waals surface area contributed by atoms with Gasteiger partial charge in [-0.05, 0) is 49.4 Å². The second kappa shape index (κ2) is 5.97. The van der Waals surface area contributed by atoms with Crippen LogP contribution in [0.3, 0.4) is 0 Å². The third-order valence-electron chi connectivity index (χ3n) is 3.27. The van der Waals surface area contributed by atoms with Crippen LogP contribution in [0.25, 0.3) is 0 Å². The zero-order valence-electron chi connectivity index (χ0n) is 11.3. The molecule has 0 radical (unpaired) electrons. The smallest absolute Gasteiger partial charge is 0.123 e. The number of aliphatic hydroxyl groups is 1. The molecule has 2 rings (SSSR count). The molecule has 4 heteroatoms. The van der Waals surface area contributed by atoms with Gasteiger partial charge in [-0.3, -0.25) is 4.68 Å². The van der Waals surface area contributed by atoms with Gasteiger partial charge in [0.15, 0.2) is 0 Å². The molecule has 0 aliphatic carbocycles. The lowest BCUT2D eigenvalue weighted by Crippen LogP contribution is -2.15. The van der Waals surface area contributed by atoms with Crippen molar-refractivity contribution in [3.8, 4) is 0 Å². The first-order valence-corrected chi connectivity index (χ1v) is 6.43. The summed E-state index contributed by atoms with van der Waals surface area (Å²) in [5, 5.41) is 13.8. The molecular weight excluding hydrogens is 243 g/mol. The normalized spacial score (nSPS) is 12.6. The lowest BCUT2D eigenvalue weighted by molar-refractivity contribution is 0.223. The van der Waals surface area contributed by atoms with Crippen LogP contribution in [-0.4, -0.2) is 21.5 Å². The maximum Gasteiger partial charge on any atom is 0.123 e. The highest BCUT2D eigenvalue weighted by Gasteiger charge is 2.13. The van der Waals surface area contributed by atoms with Crippen LogP contribution in [0.1, 0.15) is 17.0 Å². The number of benzene rings is 1. The van der Waals surface area contributed by atoms with E-state index in [1.807, 2.05) is 30.8 Å². The molecular formula is C15H19FN2O. The molecule has 1 aromatic carbocycles. The van der Waals surface area contributed by atoms with Gasteiger partial charge < -0.3 is 5.11 Å². The Morgan fingerprint density at radius 3 is 2.68 bits per heavy atom. The van der Waals surface area contributed by atoms with Gasteiger partial charge in [-0.2, -0.15) is 5.10 Å². The molecule has 0 bridgehead atoms. The molecule has 1 heterocycles. The summed E-state index contributed by atoms with van der Waals surface area (Å²) in [5.74, 6) is -0.151. The summed E-state index contributed by atoms with van der Waals surface area (Å²) >= 11 is 0. The number of rotatable bonds is 5. The van der Waals surface area contributed by atoms with Gasteiger partial charge in [-0.15, -0.1) is 0 Å². The SMILES string of the molecule is Cc1cc(CC(CO)Cc2cccc(F)c2)n(C)n1. The number of hydrogen-bond acceptors (Lipinski definition) is 2. The fraction of sp³-hybridized carbons (Fsp3) is 0.400. The second-order valence-corrected chi connectivity index (χ2v) is 4.99. The van der Waals surface area contributed by atoms with E-state index in [4.69, 9.17) is 0 Å². The minimum atomic E-state index is -0.231. The Morgan fingerprint density at radius 1 is 1.32 bits per heavy atom. The summed E-state index contributed by atoms with van der Waals surface area (Å²) in [7, 11) is 1.90. The van der Waals surface area contributed by atoms with Crippen LogP contribution in [-0.2, 0) is 19.9 Å². The number of aromatic nitrogens is 2. The van der Waals surface area contributed by atoms with Crippen molar-refractivity contribution >= 4 is 0 Å². The third kappa shape index (κ3) is 3.64. The van der Waals surface area contributed by atoms with Crippen LogP contribution in [0.4, 0.5) is 4.39 Å². The van der Waals surface area contributed by atoms with E-state index >= 15 is 0 Å². The number of nitrogens with zero attached hydrogens (tertiary/aromatic N) is 2. The minimum absolute atomic E-state index is 0.0802. The average molecular weight is 262 g/mol. The van der Waals surface area contributed by atoms with Crippen molar-refractivity contribution in [1.29, 1.82) is 0 Å². The van der Waals surface area contributed by atoms with Gasteiger partial charge in [-0.1, -0.05) is 12.1 Å². The number of aliphatic hydroxyl groups excluding tert-OH is 1. The monoisotopic (exact) mass is 262 g/mol. The fourth-order valence-electron chi connectivity index (χ4n) is 2.35. The zero-order chi connectivity index (χ0) is 13.8. The van der Waals surface area contributed by atoms with E-state index in [0.29, 0.717) is 6.42 Å². The summed E-state index contributed by atoms with van der Waals surface area (Å²) in [6.07, 6.45) is 1.41. The molecule has 3 nitrogen and oxygen atoms in total. The van der Waals surface area contributed by atoms with Gasteiger partial charge in [0.1, 0.15) is 5.82 Å². The molecule has 2 aromatic rings. The molecule has 1 unspecified atom stereocenters. The highest BCUT2D eigenvalue weighted by Crippen LogP contribution is 2.15. The van der Waals surface area contributed by atoms with Crippen LogP contribution in [0, 0.1) is 18.7 Å². The van der Waals surface area contributed by atoms with Crippen LogP contribution >= 0.6 is 0 Å². The Labute approximate surface area is 112 Å². The Hall–Kier alpha value is -1.68. The minimum Gasteiger partial charge on any atom is -0.396 e. The van der Waals surface area contributed by atoms with Crippen LogP contribution in [0.2, 0.25) is 0 Å². The summed E-state index contributed by atoms with van der Waals surface area (Å²) in [5.41, 5.74) is 2.98. The largest absolute Gasteiger partial charge is 0.396 e. The Bertz CT molecular complexity index is 551. The summed E-state index contributed by atoms with van der Waals surface area (Å²) in [6.45, 7) is 2.03. The van der Waals surface area contributed by atoms with E-state index in [0.717, 1.165) is 23.4 Å². The number of aryl methyl sites for hydroxylation is 2. The van der Waals surface area contributed by atoms with Crippen molar-refractivity contribution in [3.63, 3.8) is 0 Å². The Kier molecular flexibility index (Phi) is 4.32. The van der Waals surface area contributed by atoms with Crippen molar-refractivity contribution in [3.05, 3.63) is 53.1 Å². The fourth-order valence-corrected chi connectivity index (χ4v) is 2.35. The van der Waals surface area contributed by atoms with Crippen LogP contribution in [0.5, 0.6) is 0 Å². The van der Waals surface area contributed by atoms with Gasteiger partial charge in [0.25, 0.3) is 0 Å². The lowest BCUT2D eigenvalue weighted by Gasteiger charge is -2.14. The molecule has 0 saturated carbocycles. The quantitative estimate of drug-likeness (QED) is 0.897. The molecule has 19 heavy (non-hydrogen) atoms.